The lowest BCUT2D eigenvalue weighted by Gasteiger charge is -2.28. The van der Waals surface area contributed by atoms with Gasteiger partial charge in [-0.2, -0.15) is 0 Å². The first-order valence-corrected chi connectivity index (χ1v) is 6.77. The zero-order valence-corrected chi connectivity index (χ0v) is 11.8. The molecule has 0 saturated carbocycles. The molecule has 1 amide bonds. The van der Waals surface area contributed by atoms with Crippen molar-refractivity contribution < 1.29 is 14.3 Å². The molecular weight excluding hydrogens is 242 g/mol. The number of fused-ring (bicyclic) bond motifs is 1. The number of hydrogen-bond acceptors (Lipinski definition) is 3. The first-order valence-electron chi connectivity index (χ1n) is 6.77. The van der Waals surface area contributed by atoms with E-state index in [1.165, 1.54) is 5.56 Å². The minimum Gasteiger partial charge on any atom is -0.454 e. The third-order valence-corrected chi connectivity index (χ3v) is 3.37. The Morgan fingerprint density at radius 1 is 1.37 bits per heavy atom. The van der Waals surface area contributed by atoms with E-state index in [4.69, 9.17) is 9.47 Å². The summed E-state index contributed by atoms with van der Waals surface area (Å²) in [5.41, 5.74) is 1.17. The molecule has 4 heteroatoms. The number of amides is 1. The highest BCUT2D eigenvalue weighted by Crippen LogP contribution is 2.32. The average Bonchev–Trinajstić information content (AvgIpc) is 2.82. The van der Waals surface area contributed by atoms with E-state index >= 15 is 0 Å². The lowest BCUT2D eigenvalue weighted by Crippen LogP contribution is -2.38. The first kappa shape index (κ1) is 13.7. The lowest BCUT2D eigenvalue weighted by atomic mass is 10.0. The van der Waals surface area contributed by atoms with Crippen molar-refractivity contribution in [2.45, 2.75) is 39.7 Å². The SMILES string of the molecule is CCCN(C(C)=O)C(C)Cc1ccc2c(c1)OCO2. The topological polar surface area (TPSA) is 38.8 Å². The Labute approximate surface area is 114 Å². The fraction of sp³-hybridized carbons (Fsp3) is 0.533. The Morgan fingerprint density at radius 3 is 2.79 bits per heavy atom. The number of hydrogen-bond donors (Lipinski definition) is 0. The van der Waals surface area contributed by atoms with Crippen LogP contribution < -0.4 is 9.47 Å². The van der Waals surface area contributed by atoms with Gasteiger partial charge in [-0.05, 0) is 37.5 Å². The lowest BCUT2D eigenvalue weighted by molar-refractivity contribution is -0.130. The van der Waals surface area contributed by atoms with Crippen molar-refractivity contribution in [1.82, 2.24) is 4.90 Å². The summed E-state index contributed by atoms with van der Waals surface area (Å²) in [6, 6.07) is 6.16. The van der Waals surface area contributed by atoms with Crippen molar-refractivity contribution in [2.75, 3.05) is 13.3 Å². The predicted molar refractivity (Wildman–Crippen MR) is 73.4 cm³/mol. The van der Waals surface area contributed by atoms with Crippen LogP contribution >= 0.6 is 0 Å². The normalized spacial score (nSPS) is 14.3. The molecule has 19 heavy (non-hydrogen) atoms. The van der Waals surface area contributed by atoms with E-state index in [2.05, 4.69) is 13.8 Å². The second-order valence-corrected chi connectivity index (χ2v) is 4.95. The summed E-state index contributed by atoms with van der Waals surface area (Å²) < 4.78 is 10.7. The monoisotopic (exact) mass is 263 g/mol. The van der Waals surface area contributed by atoms with Gasteiger partial charge in [0, 0.05) is 19.5 Å². The molecule has 1 aliphatic heterocycles. The zero-order valence-electron chi connectivity index (χ0n) is 11.8. The van der Waals surface area contributed by atoms with Crippen molar-refractivity contribution >= 4 is 5.91 Å². The van der Waals surface area contributed by atoms with Gasteiger partial charge in [0.25, 0.3) is 0 Å². The van der Waals surface area contributed by atoms with Gasteiger partial charge >= 0.3 is 0 Å². The van der Waals surface area contributed by atoms with E-state index in [0.29, 0.717) is 6.79 Å². The summed E-state index contributed by atoms with van der Waals surface area (Å²) in [5, 5.41) is 0. The molecule has 0 spiro atoms. The molecule has 0 N–H and O–H groups in total. The quantitative estimate of drug-likeness (QED) is 0.819. The summed E-state index contributed by atoms with van der Waals surface area (Å²) in [7, 11) is 0. The summed E-state index contributed by atoms with van der Waals surface area (Å²) >= 11 is 0. The number of ether oxygens (including phenoxy) is 2. The van der Waals surface area contributed by atoms with Gasteiger partial charge in [0.05, 0.1) is 0 Å². The van der Waals surface area contributed by atoms with Crippen LogP contribution in [0.4, 0.5) is 0 Å². The van der Waals surface area contributed by atoms with Crippen LogP contribution in [0, 0.1) is 0 Å². The maximum atomic E-state index is 11.6. The Hall–Kier alpha value is -1.71. The minimum absolute atomic E-state index is 0.134. The number of nitrogens with zero attached hydrogens (tertiary/aromatic N) is 1. The van der Waals surface area contributed by atoms with Gasteiger partial charge < -0.3 is 14.4 Å². The molecule has 0 bridgehead atoms. The molecule has 1 aliphatic rings. The predicted octanol–water partition coefficient (Wildman–Crippen LogP) is 2.60. The standard InChI is InChI=1S/C15H21NO3/c1-4-7-16(12(3)17)11(2)8-13-5-6-14-15(9-13)19-10-18-14/h5-6,9,11H,4,7-8,10H2,1-3H3. The second-order valence-electron chi connectivity index (χ2n) is 4.95. The Bertz CT molecular complexity index is 459. The van der Waals surface area contributed by atoms with Crippen LogP contribution in [-0.2, 0) is 11.2 Å². The van der Waals surface area contributed by atoms with Crippen molar-refractivity contribution in [3.63, 3.8) is 0 Å². The smallest absolute Gasteiger partial charge is 0.231 e. The highest BCUT2D eigenvalue weighted by Gasteiger charge is 2.18. The average molecular weight is 263 g/mol. The van der Waals surface area contributed by atoms with Crippen molar-refractivity contribution in [3.8, 4) is 11.5 Å². The summed E-state index contributed by atoms with van der Waals surface area (Å²) in [4.78, 5) is 13.6. The maximum Gasteiger partial charge on any atom is 0.231 e. The van der Waals surface area contributed by atoms with E-state index in [1.54, 1.807) is 6.92 Å². The highest BCUT2D eigenvalue weighted by atomic mass is 16.7. The molecule has 104 valence electrons. The Kier molecular flexibility index (Phi) is 4.30. The third kappa shape index (κ3) is 3.19. The molecule has 0 fully saturated rings. The van der Waals surface area contributed by atoms with Crippen molar-refractivity contribution in [2.24, 2.45) is 0 Å². The molecule has 2 rings (SSSR count). The first-order chi connectivity index (χ1) is 9.11. The van der Waals surface area contributed by atoms with Gasteiger partial charge in [-0.25, -0.2) is 0 Å². The number of benzene rings is 1. The van der Waals surface area contributed by atoms with E-state index in [-0.39, 0.29) is 11.9 Å². The largest absolute Gasteiger partial charge is 0.454 e. The molecule has 1 unspecified atom stereocenters. The van der Waals surface area contributed by atoms with E-state index in [0.717, 1.165) is 30.9 Å². The molecule has 0 radical (unpaired) electrons. The molecule has 1 aromatic rings. The number of carbonyl (C=O) groups excluding carboxylic acids is 1. The van der Waals surface area contributed by atoms with E-state index in [1.807, 2.05) is 23.1 Å². The fourth-order valence-electron chi connectivity index (χ4n) is 2.45. The maximum absolute atomic E-state index is 11.6. The fourth-order valence-corrected chi connectivity index (χ4v) is 2.45. The molecular formula is C15H21NO3. The van der Waals surface area contributed by atoms with Crippen LogP contribution in [-0.4, -0.2) is 30.2 Å². The van der Waals surface area contributed by atoms with Gasteiger partial charge in [0.1, 0.15) is 0 Å². The summed E-state index contributed by atoms with van der Waals surface area (Å²) in [6.45, 7) is 6.90. The van der Waals surface area contributed by atoms with Crippen molar-refractivity contribution in [1.29, 1.82) is 0 Å². The van der Waals surface area contributed by atoms with Gasteiger partial charge in [0.15, 0.2) is 11.5 Å². The van der Waals surface area contributed by atoms with Gasteiger partial charge in [-0.3, -0.25) is 4.79 Å². The van der Waals surface area contributed by atoms with Gasteiger partial charge in [0.2, 0.25) is 12.7 Å². The molecule has 4 nitrogen and oxygen atoms in total. The van der Waals surface area contributed by atoms with E-state index in [9.17, 15) is 4.79 Å². The third-order valence-electron chi connectivity index (χ3n) is 3.37. The van der Waals surface area contributed by atoms with Crippen LogP contribution in [0.5, 0.6) is 11.5 Å². The molecule has 0 saturated heterocycles. The highest BCUT2D eigenvalue weighted by molar-refractivity contribution is 5.73. The molecule has 0 aliphatic carbocycles. The molecule has 0 aromatic heterocycles. The van der Waals surface area contributed by atoms with Crippen molar-refractivity contribution in [3.05, 3.63) is 23.8 Å². The van der Waals surface area contributed by atoms with Crippen LogP contribution in [0.1, 0.15) is 32.8 Å². The van der Waals surface area contributed by atoms with E-state index < -0.39 is 0 Å². The van der Waals surface area contributed by atoms with Crippen LogP contribution in [0.15, 0.2) is 18.2 Å². The molecule has 1 atom stereocenters. The number of carbonyl (C=O) groups is 1. The second kappa shape index (κ2) is 5.95. The number of rotatable bonds is 5. The summed E-state index contributed by atoms with van der Waals surface area (Å²) in [5.74, 6) is 1.73. The summed E-state index contributed by atoms with van der Waals surface area (Å²) in [6.07, 6.45) is 1.81. The zero-order chi connectivity index (χ0) is 13.8. The molecule has 1 aromatic carbocycles. The molecule has 1 heterocycles. The minimum atomic E-state index is 0.134. The Balaban J connectivity index is 2.05. The van der Waals surface area contributed by atoms with Crippen LogP contribution in [0.3, 0.4) is 0 Å². The van der Waals surface area contributed by atoms with Gasteiger partial charge in [-0.1, -0.05) is 13.0 Å². The Morgan fingerprint density at radius 2 is 2.11 bits per heavy atom. The van der Waals surface area contributed by atoms with Crippen LogP contribution in [0.2, 0.25) is 0 Å². The van der Waals surface area contributed by atoms with Crippen LogP contribution in [0.25, 0.3) is 0 Å². The van der Waals surface area contributed by atoms with Gasteiger partial charge in [-0.15, -0.1) is 0 Å².